The second kappa shape index (κ2) is 9.93. The van der Waals surface area contributed by atoms with Gasteiger partial charge in [0.2, 0.25) is 0 Å². The minimum Gasteiger partial charge on any atom is -0.481 e. The highest BCUT2D eigenvalue weighted by atomic mass is 32.2. The smallest absolute Gasteiger partial charge is 0.407 e. The van der Waals surface area contributed by atoms with E-state index in [-0.39, 0.29) is 5.97 Å². The first-order valence-electron chi connectivity index (χ1n) is 9.62. The number of ether oxygens (including phenoxy) is 2. The standard InChI is InChI=1S/C22H29NO5S/c1-5-6-15-27-17-7-9-18(10-8-17)29-16-22(19(24)28-21(2,3)4)11-13-23(14-12-22)20(25)26/h7-10H,11-16H2,1-4H3,(H,25,26). The van der Waals surface area contributed by atoms with Gasteiger partial charge in [-0.2, -0.15) is 0 Å². The predicted molar refractivity (Wildman–Crippen MR) is 113 cm³/mol. The van der Waals surface area contributed by atoms with Crippen LogP contribution in [0.15, 0.2) is 29.2 Å². The van der Waals surface area contributed by atoms with Gasteiger partial charge < -0.3 is 19.5 Å². The highest BCUT2D eigenvalue weighted by Gasteiger charge is 2.45. The van der Waals surface area contributed by atoms with Crippen molar-refractivity contribution in [3.63, 3.8) is 0 Å². The van der Waals surface area contributed by atoms with Crippen LogP contribution in [-0.4, -0.2) is 53.1 Å². The number of esters is 1. The van der Waals surface area contributed by atoms with Crippen molar-refractivity contribution in [1.82, 2.24) is 4.90 Å². The molecule has 1 aromatic carbocycles. The van der Waals surface area contributed by atoms with Crippen molar-refractivity contribution in [2.75, 3.05) is 25.4 Å². The molecule has 1 aliphatic heterocycles. The molecule has 1 aromatic rings. The zero-order valence-electron chi connectivity index (χ0n) is 17.5. The van der Waals surface area contributed by atoms with E-state index in [4.69, 9.17) is 9.47 Å². The third-order valence-electron chi connectivity index (χ3n) is 4.65. The minimum atomic E-state index is -0.946. The van der Waals surface area contributed by atoms with Gasteiger partial charge in [0.1, 0.15) is 18.0 Å². The molecule has 0 spiro atoms. The second-order valence-corrected chi connectivity index (χ2v) is 9.08. The van der Waals surface area contributed by atoms with Gasteiger partial charge in [-0.3, -0.25) is 4.79 Å². The molecule has 0 aliphatic carbocycles. The van der Waals surface area contributed by atoms with E-state index in [9.17, 15) is 14.7 Å². The lowest BCUT2D eigenvalue weighted by Crippen LogP contribution is -2.49. The third kappa shape index (κ3) is 6.90. The molecule has 1 aliphatic rings. The average molecular weight is 420 g/mol. The molecule has 0 unspecified atom stereocenters. The van der Waals surface area contributed by atoms with Crippen LogP contribution in [0.1, 0.15) is 40.5 Å². The van der Waals surface area contributed by atoms with Crippen LogP contribution in [0, 0.1) is 17.3 Å². The van der Waals surface area contributed by atoms with Gasteiger partial charge in [0.15, 0.2) is 0 Å². The van der Waals surface area contributed by atoms with E-state index < -0.39 is 17.1 Å². The Morgan fingerprint density at radius 1 is 1.21 bits per heavy atom. The van der Waals surface area contributed by atoms with Gasteiger partial charge in [-0.1, -0.05) is 5.92 Å². The first-order valence-corrected chi connectivity index (χ1v) is 10.6. The molecule has 0 atom stereocenters. The summed E-state index contributed by atoms with van der Waals surface area (Å²) in [6.45, 7) is 8.33. The second-order valence-electron chi connectivity index (χ2n) is 8.03. The van der Waals surface area contributed by atoms with Crippen molar-refractivity contribution in [3.8, 4) is 17.6 Å². The van der Waals surface area contributed by atoms with Crippen LogP contribution >= 0.6 is 11.8 Å². The van der Waals surface area contributed by atoms with E-state index in [1.54, 1.807) is 18.7 Å². The number of piperidine rings is 1. The van der Waals surface area contributed by atoms with E-state index in [1.165, 1.54) is 4.90 Å². The average Bonchev–Trinajstić information content (AvgIpc) is 2.66. The molecule has 6 nitrogen and oxygen atoms in total. The van der Waals surface area contributed by atoms with Crippen molar-refractivity contribution >= 4 is 23.8 Å². The Morgan fingerprint density at radius 3 is 2.34 bits per heavy atom. The largest absolute Gasteiger partial charge is 0.481 e. The van der Waals surface area contributed by atoms with Crippen molar-refractivity contribution in [3.05, 3.63) is 24.3 Å². The molecule has 0 aromatic heterocycles. The predicted octanol–water partition coefficient (Wildman–Crippen LogP) is 4.28. The summed E-state index contributed by atoms with van der Waals surface area (Å²) in [5.41, 5.74) is -1.28. The molecule has 1 saturated heterocycles. The van der Waals surface area contributed by atoms with Crippen LogP contribution in [0.4, 0.5) is 4.79 Å². The Kier molecular flexibility index (Phi) is 7.86. The van der Waals surface area contributed by atoms with Gasteiger partial charge in [0.25, 0.3) is 0 Å². The lowest BCUT2D eigenvalue weighted by molar-refractivity contribution is -0.168. The fourth-order valence-electron chi connectivity index (χ4n) is 2.96. The Labute approximate surface area is 176 Å². The molecule has 0 bridgehead atoms. The number of rotatable bonds is 6. The van der Waals surface area contributed by atoms with Crippen LogP contribution in [-0.2, 0) is 9.53 Å². The molecule has 158 valence electrons. The minimum absolute atomic E-state index is 0.249. The van der Waals surface area contributed by atoms with Crippen LogP contribution in [0.25, 0.3) is 0 Å². The maximum Gasteiger partial charge on any atom is 0.407 e. The van der Waals surface area contributed by atoms with Gasteiger partial charge in [-0.15, -0.1) is 17.7 Å². The van der Waals surface area contributed by atoms with E-state index in [0.717, 1.165) is 10.6 Å². The van der Waals surface area contributed by atoms with Crippen molar-refractivity contribution in [1.29, 1.82) is 0 Å². The summed E-state index contributed by atoms with van der Waals surface area (Å²) in [6, 6.07) is 7.67. The third-order valence-corrected chi connectivity index (χ3v) is 5.95. The molecule has 7 heteroatoms. The monoisotopic (exact) mass is 419 g/mol. The van der Waals surface area contributed by atoms with Gasteiger partial charge >= 0.3 is 12.1 Å². The molecule has 1 amide bonds. The summed E-state index contributed by atoms with van der Waals surface area (Å²) in [5.74, 6) is 6.67. The molecule has 0 radical (unpaired) electrons. The highest BCUT2D eigenvalue weighted by Crippen LogP contribution is 2.39. The lowest BCUT2D eigenvalue weighted by Gasteiger charge is -2.40. The zero-order valence-corrected chi connectivity index (χ0v) is 18.3. The van der Waals surface area contributed by atoms with Crippen molar-refractivity contribution in [2.24, 2.45) is 5.41 Å². The Balaban J connectivity index is 2.06. The molecular formula is C22H29NO5S. The Hall–Kier alpha value is -2.33. The first-order chi connectivity index (χ1) is 13.6. The van der Waals surface area contributed by atoms with Crippen molar-refractivity contribution < 1.29 is 24.2 Å². The van der Waals surface area contributed by atoms with Crippen LogP contribution < -0.4 is 4.74 Å². The Morgan fingerprint density at radius 2 is 1.83 bits per heavy atom. The van der Waals surface area contributed by atoms with E-state index in [2.05, 4.69) is 11.8 Å². The molecule has 29 heavy (non-hydrogen) atoms. The van der Waals surface area contributed by atoms with Gasteiger partial charge in [0, 0.05) is 23.7 Å². The normalized spacial score (nSPS) is 15.8. The summed E-state index contributed by atoms with van der Waals surface area (Å²) in [5, 5.41) is 9.23. The SMILES string of the molecule is CC#CCOc1ccc(SCC2(C(=O)OC(C)(C)C)CCN(C(=O)O)CC2)cc1. The zero-order chi connectivity index (χ0) is 21.5. The number of hydrogen-bond acceptors (Lipinski definition) is 5. The fraction of sp³-hybridized carbons (Fsp3) is 0.545. The highest BCUT2D eigenvalue weighted by molar-refractivity contribution is 7.99. The fourth-order valence-corrected chi connectivity index (χ4v) is 4.14. The number of carbonyl (C=O) groups excluding carboxylic acids is 1. The topological polar surface area (TPSA) is 76.1 Å². The quantitative estimate of drug-likeness (QED) is 0.421. The summed E-state index contributed by atoms with van der Waals surface area (Å²) in [6.07, 6.45) is -0.0327. The van der Waals surface area contributed by atoms with Crippen molar-refractivity contribution in [2.45, 2.75) is 51.0 Å². The summed E-state index contributed by atoms with van der Waals surface area (Å²) < 4.78 is 11.2. The molecule has 0 saturated carbocycles. The van der Waals surface area contributed by atoms with Crippen LogP contribution in [0.3, 0.4) is 0 Å². The van der Waals surface area contributed by atoms with Gasteiger partial charge in [-0.25, -0.2) is 4.79 Å². The molecule has 1 N–H and O–H groups in total. The number of thioether (sulfide) groups is 1. The molecular weight excluding hydrogens is 390 g/mol. The Bertz CT molecular complexity index is 765. The summed E-state index contributed by atoms with van der Waals surface area (Å²) in [7, 11) is 0. The van der Waals surface area contributed by atoms with Crippen LogP contribution in [0.5, 0.6) is 5.75 Å². The number of amides is 1. The van der Waals surface area contributed by atoms with Gasteiger partial charge in [-0.05, 0) is 64.8 Å². The number of hydrogen-bond donors (Lipinski definition) is 1. The number of carbonyl (C=O) groups is 2. The summed E-state index contributed by atoms with van der Waals surface area (Å²) >= 11 is 1.58. The lowest BCUT2D eigenvalue weighted by atomic mass is 9.80. The molecule has 1 fully saturated rings. The van der Waals surface area contributed by atoms with E-state index >= 15 is 0 Å². The number of nitrogens with zero attached hydrogens (tertiary/aromatic N) is 1. The number of carboxylic acid groups (broad SMARTS) is 1. The number of benzene rings is 1. The number of likely N-dealkylation sites (tertiary alicyclic amines) is 1. The van der Waals surface area contributed by atoms with E-state index in [1.807, 2.05) is 45.0 Å². The van der Waals surface area contributed by atoms with Gasteiger partial charge in [0.05, 0.1) is 5.41 Å². The van der Waals surface area contributed by atoms with E-state index in [0.29, 0.717) is 38.3 Å². The maximum atomic E-state index is 13.0. The van der Waals surface area contributed by atoms with Crippen LogP contribution in [0.2, 0.25) is 0 Å². The molecule has 2 rings (SSSR count). The first kappa shape index (κ1) is 23.0. The molecule has 1 heterocycles. The maximum absolute atomic E-state index is 13.0. The summed E-state index contributed by atoms with van der Waals surface area (Å²) in [4.78, 5) is 26.6.